The Bertz CT molecular complexity index is 1390. The zero-order valence-corrected chi connectivity index (χ0v) is 20.3. The second kappa shape index (κ2) is 9.01. The first kappa shape index (κ1) is 22.8. The van der Waals surface area contributed by atoms with Gasteiger partial charge in [0.1, 0.15) is 17.2 Å². The molecule has 1 heterocycles. The van der Waals surface area contributed by atoms with E-state index in [2.05, 4.69) is 0 Å². The maximum absolute atomic E-state index is 11.8. The van der Waals surface area contributed by atoms with Gasteiger partial charge in [-0.05, 0) is 36.4 Å². The summed E-state index contributed by atoms with van der Waals surface area (Å²) in [5.74, 6) is 1.99. The highest BCUT2D eigenvalue weighted by Crippen LogP contribution is 2.51. The number of benzene rings is 4. The highest BCUT2D eigenvalue weighted by Gasteiger charge is 2.39. The minimum absolute atomic E-state index is 0.322. The van der Waals surface area contributed by atoms with Gasteiger partial charge in [-0.1, -0.05) is 60.1 Å². The molecule has 0 N–H and O–H groups in total. The topological polar surface area (TPSA) is 54.0 Å². The lowest BCUT2D eigenvalue weighted by molar-refractivity contribution is -0.131. The van der Waals surface area contributed by atoms with E-state index in [0.29, 0.717) is 27.5 Å². The maximum Gasteiger partial charge on any atom is 0.308 e. The van der Waals surface area contributed by atoms with Gasteiger partial charge in [-0.2, -0.15) is 0 Å². The Balaban J connectivity index is 1.76. The Morgan fingerprint density at radius 2 is 1.37 bits per heavy atom. The van der Waals surface area contributed by atoms with Gasteiger partial charge in [-0.3, -0.25) is 4.79 Å². The summed E-state index contributed by atoms with van der Waals surface area (Å²) in [4.78, 5) is 11.8. The molecule has 0 unspecified atom stereocenters. The van der Waals surface area contributed by atoms with E-state index in [1.807, 2.05) is 84.9 Å². The molecule has 0 fully saturated rings. The van der Waals surface area contributed by atoms with Crippen LogP contribution in [0.5, 0.6) is 23.0 Å². The van der Waals surface area contributed by atoms with Crippen LogP contribution in [0.15, 0.2) is 78.9 Å². The van der Waals surface area contributed by atoms with Gasteiger partial charge < -0.3 is 18.9 Å². The summed E-state index contributed by atoms with van der Waals surface area (Å²) in [5, 5.41) is 1.81. The fraction of sp³-hybridized carbons (Fsp3) is 0.138. The first-order valence-electron chi connectivity index (χ1n) is 11.1. The van der Waals surface area contributed by atoms with E-state index in [1.165, 1.54) is 6.92 Å². The highest BCUT2D eigenvalue weighted by atomic mass is 35.5. The first-order chi connectivity index (χ1) is 17.0. The molecule has 1 aliphatic heterocycles. The normalized spacial score (nSPS) is 13.6. The molecule has 0 bridgehead atoms. The number of carbonyl (C=O) groups is 1. The summed E-state index contributed by atoms with van der Waals surface area (Å²) in [5.41, 5.74) is 1.53. The standard InChI is InChI=1S/C29H23ClO5/c1-18(31)34-28-24-7-5-4-6-23(24)27-25(26(28)30)16-17-29(35-27,19-8-12-21(32-2)13-9-19)20-10-14-22(33-3)15-11-20/h4-17H,1-3H3. The van der Waals surface area contributed by atoms with Crippen LogP contribution in [0.25, 0.3) is 16.8 Å². The number of ether oxygens (including phenoxy) is 4. The van der Waals surface area contributed by atoms with Crippen LogP contribution < -0.4 is 18.9 Å². The molecule has 0 amide bonds. The van der Waals surface area contributed by atoms with Crippen molar-refractivity contribution in [3.8, 4) is 23.0 Å². The molecular formula is C29H23ClO5. The summed E-state index contributed by atoms with van der Waals surface area (Å²) in [6.07, 6.45) is 3.90. The van der Waals surface area contributed by atoms with Crippen molar-refractivity contribution in [2.45, 2.75) is 12.5 Å². The molecule has 4 aromatic carbocycles. The lowest BCUT2D eigenvalue weighted by atomic mass is 9.83. The Labute approximate surface area is 208 Å². The van der Waals surface area contributed by atoms with Crippen molar-refractivity contribution in [3.05, 3.63) is 101 Å². The van der Waals surface area contributed by atoms with Gasteiger partial charge in [0, 0.05) is 34.4 Å². The van der Waals surface area contributed by atoms with Crippen molar-refractivity contribution in [2.24, 2.45) is 0 Å². The van der Waals surface area contributed by atoms with Gasteiger partial charge in [0.15, 0.2) is 11.4 Å². The third-order valence-corrected chi connectivity index (χ3v) is 6.50. The minimum Gasteiger partial charge on any atom is -0.497 e. The van der Waals surface area contributed by atoms with E-state index in [4.69, 9.17) is 30.5 Å². The zero-order valence-electron chi connectivity index (χ0n) is 19.5. The average molecular weight is 487 g/mol. The van der Waals surface area contributed by atoms with E-state index < -0.39 is 11.6 Å². The van der Waals surface area contributed by atoms with Crippen LogP contribution in [0.2, 0.25) is 5.02 Å². The second-order valence-corrected chi connectivity index (χ2v) is 8.53. The number of methoxy groups -OCH3 is 2. The summed E-state index contributed by atoms with van der Waals surface area (Å²) in [6.45, 7) is 1.36. The molecule has 0 saturated heterocycles. The van der Waals surface area contributed by atoms with Crippen LogP contribution >= 0.6 is 11.6 Å². The number of carbonyl (C=O) groups excluding carboxylic acids is 1. The van der Waals surface area contributed by atoms with E-state index >= 15 is 0 Å². The Morgan fingerprint density at radius 3 is 1.89 bits per heavy atom. The molecule has 176 valence electrons. The van der Waals surface area contributed by atoms with Crippen molar-refractivity contribution in [3.63, 3.8) is 0 Å². The van der Waals surface area contributed by atoms with Gasteiger partial charge in [-0.25, -0.2) is 0 Å². The van der Waals surface area contributed by atoms with Crippen molar-refractivity contribution >= 4 is 34.4 Å². The molecule has 4 aromatic rings. The predicted molar refractivity (Wildman–Crippen MR) is 137 cm³/mol. The third-order valence-electron chi connectivity index (χ3n) is 6.13. The number of hydrogen-bond acceptors (Lipinski definition) is 5. The second-order valence-electron chi connectivity index (χ2n) is 8.15. The predicted octanol–water partition coefficient (Wildman–Crippen LogP) is 6.79. The molecule has 0 saturated carbocycles. The molecule has 0 spiro atoms. The average Bonchev–Trinajstić information content (AvgIpc) is 2.90. The molecule has 0 aromatic heterocycles. The van der Waals surface area contributed by atoms with Crippen LogP contribution in [-0.4, -0.2) is 20.2 Å². The van der Waals surface area contributed by atoms with E-state index in [-0.39, 0.29) is 0 Å². The van der Waals surface area contributed by atoms with Crippen molar-refractivity contribution in [1.82, 2.24) is 0 Å². The van der Waals surface area contributed by atoms with Crippen LogP contribution in [0.1, 0.15) is 23.6 Å². The van der Waals surface area contributed by atoms with Crippen LogP contribution in [-0.2, 0) is 10.4 Å². The van der Waals surface area contributed by atoms with Gasteiger partial charge in [0.2, 0.25) is 0 Å². The third kappa shape index (κ3) is 3.88. The molecule has 0 aliphatic carbocycles. The Kier molecular flexibility index (Phi) is 5.87. The van der Waals surface area contributed by atoms with Crippen LogP contribution in [0, 0.1) is 0 Å². The Hall–Kier alpha value is -3.96. The molecule has 6 heteroatoms. The fourth-order valence-electron chi connectivity index (χ4n) is 4.42. The number of hydrogen-bond donors (Lipinski definition) is 0. The van der Waals surface area contributed by atoms with Crippen molar-refractivity contribution in [2.75, 3.05) is 14.2 Å². The zero-order chi connectivity index (χ0) is 24.6. The largest absolute Gasteiger partial charge is 0.497 e. The molecule has 5 nitrogen and oxygen atoms in total. The SMILES string of the molecule is COc1ccc(C2(c3ccc(OC)cc3)C=Cc3c(Cl)c(OC(C)=O)c4ccccc4c3O2)cc1. The maximum atomic E-state index is 11.8. The number of halogens is 1. The number of rotatable bonds is 5. The summed E-state index contributed by atoms with van der Waals surface area (Å²) in [7, 11) is 3.27. The number of esters is 1. The van der Waals surface area contributed by atoms with Gasteiger partial charge in [0.25, 0.3) is 0 Å². The molecule has 35 heavy (non-hydrogen) atoms. The van der Waals surface area contributed by atoms with Crippen LogP contribution in [0.3, 0.4) is 0 Å². The molecular weight excluding hydrogens is 464 g/mol. The lowest BCUT2D eigenvalue weighted by Gasteiger charge is -2.37. The van der Waals surface area contributed by atoms with Gasteiger partial charge in [0.05, 0.1) is 19.2 Å². The molecule has 5 rings (SSSR count). The molecule has 1 aliphatic rings. The van der Waals surface area contributed by atoms with Gasteiger partial charge in [-0.15, -0.1) is 0 Å². The van der Waals surface area contributed by atoms with E-state index in [1.54, 1.807) is 14.2 Å². The Morgan fingerprint density at radius 1 is 0.829 bits per heavy atom. The molecule has 0 atom stereocenters. The summed E-state index contributed by atoms with van der Waals surface area (Å²) < 4.78 is 23.1. The van der Waals surface area contributed by atoms with Crippen LogP contribution in [0.4, 0.5) is 0 Å². The first-order valence-corrected chi connectivity index (χ1v) is 11.4. The summed E-state index contributed by atoms with van der Waals surface area (Å²) >= 11 is 6.77. The van der Waals surface area contributed by atoms with Crippen molar-refractivity contribution in [1.29, 1.82) is 0 Å². The number of fused-ring (bicyclic) bond motifs is 3. The quantitative estimate of drug-likeness (QED) is 0.230. The van der Waals surface area contributed by atoms with Crippen molar-refractivity contribution < 1.29 is 23.7 Å². The highest BCUT2D eigenvalue weighted by molar-refractivity contribution is 6.35. The molecule has 0 radical (unpaired) electrons. The minimum atomic E-state index is -0.944. The smallest absolute Gasteiger partial charge is 0.308 e. The summed E-state index contributed by atoms with van der Waals surface area (Å²) in [6, 6.07) is 23.1. The van der Waals surface area contributed by atoms with E-state index in [9.17, 15) is 4.79 Å². The monoisotopic (exact) mass is 486 g/mol. The fourth-order valence-corrected chi connectivity index (χ4v) is 4.71. The van der Waals surface area contributed by atoms with Gasteiger partial charge >= 0.3 is 5.97 Å². The lowest BCUT2D eigenvalue weighted by Crippen LogP contribution is -2.34. The van der Waals surface area contributed by atoms with E-state index in [0.717, 1.165) is 28.0 Å².